The number of fused-ring (bicyclic) bond motifs is 1. The van der Waals surface area contributed by atoms with Crippen LogP contribution in [0.4, 0.5) is 4.39 Å². The van der Waals surface area contributed by atoms with E-state index in [0.29, 0.717) is 5.65 Å². The molecule has 0 aliphatic heterocycles. The summed E-state index contributed by atoms with van der Waals surface area (Å²) in [7, 11) is 0. The molecule has 0 radical (unpaired) electrons. The average molecular weight is 369 g/mol. The van der Waals surface area contributed by atoms with Crippen molar-refractivity contribution in [2.75, 3.05) is 0 Å². The highest BCUT2D eigenvalue weighted by molar-refractivity contribution is 9.10. The molecule has 4 aromatic rings. The number of halogens is 2. The average Bonchev–Trinajstić information content (AvgIpc) is 2.95. The van der Waals surface area contributed by atoms with Crippen molar-refractivity contribution in [1.82, 2.24) is 19.9 Å². The Morgan fingerprint density at radius 1 is 0.913 bits per heavy atom. The van der Waals surface area contributed by atoms with Crippen LogP contribution in [0.3, 0.4) is 0 Å². The predicted molar refractivity (Wildman–Crippen MR) is 90.2 cm³/mol. The predicted octanol–water partition coefficient (Wildman–Crippen LogP) is 4.59. The van der Waals surface area contributed by atoms with Crippen molar-refractivity contribution in [1.29, 1.82) is 0 Å². The molecule has 0 aliphatic rings. The van der Waals surface area contributed by atoms with E-state index in [1.54, 1.807) is 30.7 Å². The molecule has 4 rings (SSSR count). The molecular formula is C17H10BrFN4. The second-order valence-corrected chi connectivity index (χ2v) is 5.73. The van der Waals surface area contributed by atoms with E-state index in [2.05, 4.69) is 35.9 Å². The number of hydrogen-bond acceptors (Lipinski definition) is 3. The first kappa shape index (κ1) is 14.0. The SMILES string of the molecule is Fc1ccc(-c2c(-c3cccnc3Br)[nH]c3nccnc23)cc1. The van der Waals surface area contributed by atoms with Gasteiger partial charge in [-0.15, -0.1) is 0 Å². The van der Waals surface area contributed by atoms with Crippen LogP contribution in [0.2, 0.25) is 0 Å². The van der Waals surface area contributed by atoms with Crippen molar-refractivity contribution in [3.63, 3.8) is 0 Å². The molecule has 0 saturated carbocycles. The fourth-order valence-corrected chi connectivity index (χ4v) is 3.03. The molecule has 0 fully saturated rings. The number of pyridine rings is 1. The molecule has 0 amide bonds. The van der Waals surface area contributed by atoms with Crippen LogP contribution in [0, 0.1) is 5.82 Å². The van der Waals surface area contributed by atoms with Gasteiger partial charge in [-0.2, -0.15) is 0 Å². The third-order valence-electron chi connectivity index (χ3n) is 3.59. The van der Waals surface area contributed by atoms with E-state index in [1.165, 1.54) is 12.1 Å². The number of nitrogens with one attached hydrogen (secondary N) is 1. The lowest BCUT2D eigenvalue weighted by molar-refractivity contribution is 0.628. The van der Waals surface area contributed by atoms with Crippen LogP contribution in [0.25, 0.3) is 33.5 Å². The van der Waals surface area contributed by atoms with E-state index in [4.69, 9.17) is 0 Å². The van der Waals surface area contributed by atoms with Gasteiger partial charge in [-0.05, 0) is 45.8 Å². The lowest BCUT2D eigenvalue weighted by Gasteiger charge is -2.06. The number of hydrogen-bond donors (Lipinski definition) is 1. The van der Waals surface area contributed by atoms with Gasteiger partial charge in [-0.1, -0.05) is 12.1 Å². The number of H-pyrrole nitrogens is 1. The third kappa shape index (κ3) is 2.41. The molecule has 1 aromatic carbocycles. The minimum atomic E-state index is -0.274. The zero-order valence-electron chi connectivity index (χ0n) is 11.8. The van der Waals surface area contributed by atoms with Crippen LogP contribution in [0.15, 0.2) is 59.6 Å². The van der Waals surface area contributed by atoms with Gasteiger partial charge < -0.3 is 4.98 Å². The van der Waals surface area contributed by atoms with Crippen molar-refractivity contribution in [2.45, 2.75) is 0 Å². The Morgan fingerprint density at radius 2 is 1.70 bits per heavy atom. The van der Waals surface area contributed by atoms with Crippen LogP contribution in [0.1, 0.15) is 0 Å². The van der Waals surface area contributed by atoms with E-state index in [0.717, 1.165) is 32.5 Å². The maximum Gasteiger partial charge on any atom is 0.157 e. The smallest absolute Gasteiger partial charge is 0.157 e. The molecule has 0 aliphatic carbocycles. The third-order valence-corrected chi connectivity index (χ3v) is 4.22. The van der Waals surface area contributed by atoms with Gasteiger partial charge in [-0.25, -0.2) is 14.4 Å². The number of rotatable bonds is 2. The minimum absolute atomic E-state index is 0.274. The number of nitrogens with zero attached hydrogens (tertiary/aromatic N) is 3. The molecular weight excluding hydrogens is 359 g/mol. The zero-order valence-corrected chi connectivity index (χ0v) is 13.4. The second-order valence-electron chi connectivity index (χ2n) is 4.98. The van der Waals surface area contributed by atoms with Gasteiger partial charge >= 0.3 is 0 Å². The maximum atomic E-state index is 13.3. The van der Waals surface area contributed by atoms with E-state index in [-0.39, 0.29) is 5.82 Å². The highest BCUT2D eigenvalue weighted by Crippen LogP contribution is 2.38. The van der Waals surface area contributed by atoms with Crippen molar-refractivity contribution in [2.24, 2.45) is 0 Å². The molecule has 0 bridgehead atoms. The summed E-state index contributed by atoms with van der Waals surface area (Å²) in [5, 5.41) is 0. The van der Waals surface area contributed by atoms with E-state index < -0.39 is 0 Å². The summed E-state index contributed by atoms with van der Waals surface area (Å²) < 4.78 is 14.0. The number of aromatic nitrogens is 4. The monoisotopic (exact) mass is 368 g/mol. The van der Waals surface area contributed by atoms with Crippen LogP contribution in [-0.2, 0) is 0 Å². The summed E-state index contributed by atoms with van der Waals surface area (Å²) in [6, 6.07) is 10.2. The van der Waals surface area contributed by atoms with Gasteiger partial charge in [0.25, 0.3) is 0 Å². The molecule has 112 valence electrons. The fraction of sp³-hybridized carbons (Fsp3) is 0. The summed E-state index contributed by atoms with van der Waals surface area (Å²) in [5.74, 6) is -0.274. The lowest BCUT2D eigenvalue weighted by Crippen LogP contribution is -1.87. The van der Waals surface area contributed by atoms with Crippen molar-refractivity contribution in [3.05, 3.63) is 65.4 Å². The van der Waals surface area contributed by atoms with Crippen molar-refractivity contribution < 1.29 is 4.39 Å². The van der Waals surface area contributed by atoms with Gasteiger partial charge in [0.1, 0.15) is 15.9 Å². The Kier molecular flexibility index (Phi) is 3.38. The second kappa shape index (κ2) is 5.55. The molecule has 0 spiro atoms. The summed E-state index contributed by atoms with van der Waals surface area (Å²) in [5.41, 5.74) is 4.90. The van der Waals surface area contributed by atoms with Gasteiger partial charge in [0.15, 0.2) is 5.65 Å². The Labute approximate surface area is 139 Å². The molecule has 0 unspecified atom stereocenters. The van der Waals surface area contributed by atoms with Gasteiger partial charge in [-0.3, -0.25) is 4.98 Å². The molecule has 23 heavy (non-hydrogen) atoms. The Bertz CT molecular complexity index is 995. The molecule has 0 saturated heterocycles. The largest absolute Gasteiger partial charge is 0.337 e. The zero-order chi connectivity index (χ0) is 15.8. The van der Waals surface area contributed by atoms with Gasteiger partial charge in [0, 0.05) is 29.7 Å². The van der Waals surface area contributed by atoms with Gasteiger partial charge in [0.2, 0.25) is 0 Å². The number of benzene rings is 1. The normalized spacial score (nSPS) is 11.0. The highest BCUT2D eigenvalue weighted by atomic mass is 79.9. The van der Waals surface area contributed by atoms with Crippen LogP contribution < -0.4 is 0 Å². The van der Waals surface area contributed by atoms with Crippen molar-refractivity contribution in [3.8, 4) is 22.4 Å². The lowest BCUT2D eigenvalue weighted by atomic mass is 10.0. The minimum Gasteiger partial charge on any atom is -0.337 e. The Morgan fingerprint density at radius 3 is 2.48 bits per heavy atom. The van der Waals surface area contributed by atoms with Crippen LogP contribution in [0.5, 0.6) is 0 Å². The standard InChI is InChI=1S/C17H10BrFN4/c18-16-12(2-1-7-21-16)14-13(10-3-5-11(19)6-4-10)15-17(23-14)22-9-8-20-15/h1-9H,(H,22,23). The molecule has 3 aromatic heterocycles. The van der Waals surface area contributed by atoms with E-state index in [9.17, 15) is 4.39 Å². The topological polar surface area (TPSA) is 54.5 Å². The summed E-state index contributed by atoms with van der Waals surface area (Å²) in [4.78, 5) is 16.3. The fourth-order valence-electron chi connectivity index (χ4n) is 2.58. The number of aromatic amines is 1. The first-order chi connectivity index (χ1) is 11.2. The quantitative estimate of drug-likeness (QED) is 0.526. The molecule has 3 heterocycles. The molecule has 1 N–H and O–H groups in total. The van der Waals surface area contributed by atoms with E-state index in [1.807, 2.05) is 12.1 Å². The summed E-state index contributed by atoms with van der Waals surface area (Å²) in [6.45, 7) is 0. The first-order valence-corrected chi connectivity index (χ1v) is 7.73. The molecule has 4 nitrogen and oxygen atoms in total. The van der Waals surface area contributed by atoms with Gasteiger partial charge in [0.05, 0.1) is 5.69 Å². The van der Waals surface area contributed by atoms with Crippen molar-refractivity contribution >= 4 is 27.1 Å². The Hall–Kier alpha value is -2.60. The van der Waals surface area contributed by atoms with Crippen LogP contribution in [-0.4, -0.2) is 19.9 Å². The summed E-state index contributed by atoms with van der Waals surface area (Å²) >= 11 is 3.48. The molecule has 0 atom stereocenters. The summed E-state index contributed by atoms with van der Waals surface area (Å²) in [6.07, 6.45) is 4.99. The highest BCUT2D eigenvalue weighted by Gasteiger charge is 2.18. The molecule has 6 heteroatoms. The van der Waals surface area contributed by atoms with Crippen LogP contribution >= 0.6 is 15.9 Å². The maximum absolute atomic E-state index is 13.3. The van der Waals surface area contributed by atoms with E-state index >= 15 is 0 Å². The Balaban J connectivity index is 2.06. The first-order valence-electron chi connectivity index (χ1n) is 6.93.